The zero-order valence-corrected chi connectivity index (χ0v) is 33.3. The number of nitrogens with zero attached hydrogens (tertiary/aromatic N) is 4. The summed E-state index contributed by atoms with van der Waals surface area (Å²) in [4.78, 5) is 15.1. The molecule has 10 rings (SSSR count). The summed E-state index contributed by atoms with van der Waals surface area (Å²) in [6.45, 7) is 0. The highest BCUT2D eigenvalue weighted by Gasteiger charge is 2.26. The third kappa shape index (κ3) is 5.38. The first-order chi connectivity index (χ1) is 27.7. The molecule has 7 aromatic carbocycles. The van der Waals surface area contributed by atoms with E-state index < -0.39 is 0 Å². The third-order valence-electron chi connectivity index (χ3n) is 12.4. The van der Waals surface area contributed by atoms with Gasteiger partial charge in [0.1, 0.15) is 66.1 Å². The van der Waals surface area contributed by atoms with Gasteiger partial charge < -0.3 is 8.98 Å². The lowest BCUT2D eigenvalue weighted by Crippen LogP contribution is -2.48. The predicted molar refractivity (Wildman–Crippen MR) is 260 cm³/mol. The Labute approximate surface area is 337 Å². The lowest BCUT2D eigenvalue weighted by Gasteiger charge is -2.18. The van der Waals surface area contributed by atoms with Crippen LogP contribution in [0.5, 0.6) is 0 Å². The maximum absolute atomic E-state index is 6.79. The minimum Gasteiger partial charge on any atom is -0.456 e. The maximum atomic E-state index is 6.79. The first-order valence-corrected chi connectivity index (χ1v) is 19.6. The van der Waals surface area contributed by atoms with Crippen molar-refractivity contribution in [3.63, 3.8) is 0 Å². The van der Waals surface area contributed by atoms with Crippen molar-refractivity contribution in [2.45, 2.75) is 0 Å². The number of rotatable bonds is 5. The molecule has 0 aliphatic carbocycles. The summed E-state index contributed by atoms with van der Waals surface area (Å²) in [6, 6.07) is 44.0. The standard InChI is InChI=1S/C45H35B7N4O/c46-34-30(22-11-4-1-5-12-22)32-33-35(47)36(48)38(50)40(52)42(33)56(41(32)39(51)37(34)49)25-19-20-26-29(21-25)57-28-18-10-17-27(31(26)28)45-54-43(23-13-6-2-7-14-23)53-44(55-45)24-15-8-3-9-16-24/h1-21H,46-52H2. The molecular formula is C45H35B7N4O. The second-order valence-corrected chi connectivity index (χ2v) is 15.4. The molecule has 0 amide bonds. The van der Waals surface area contributed by atoms with Crippen LogP contribution in [0.25, 0.3) is 94.7 Å². The average molecular weight is 723 g/mol. The Morgan fingerprint density at radius 1 is 0.404 bits per heavy atom. The molecule has 10 aromatic rings. The van der Waals surface area contributed by atoms with Gasteiger partial charge in [0.15, 0.2) is 17.5 Å². The molecule has 0 bridgehead atoms. The highest BCUT2D eigenvalue weighted by molar-refractivity contribution is 6.69. The van der Waals surface area contributed by atoms with Gasteiger partial charge in [0.2, 0.25) is 0 Å². The van der Waals surface area contributed by atoms with Crippen molar-refractivity contribution in [3.8, 4) is 51.0 Å². The molecule has 0 aliphatic rings. The summed E-state index contributed by atoms with van der Waals surface area (Å²) in [7, 11) is 16.0. The summed E-state index contributed by atoms with van der Waals surface area (Å²) in [5, 5.41) is 4.63. The molecule has 0 aliphatic heterocycles. The van der Waals surface area contributed by atoms with Gasteiger partial charge in [-0.15, -0.1) is 5.46 Å². The summed E-state index contributed by atoms with van der Waals surface area (Å²) in [5.41, 5.74) is 19.7. The van der Waals surface area contributed by atoms with Crippen LogP contribution in [-0.4, -0.2) is 74.4 Å². The minimum atomic E-state index is 0.606. The van der Waals surface area contributed by atoms with Gasteiger partial charge >= 0.3 is 0 Å². The van der Waals surface area contributed by atoms with Gasteiger partial charge in [-0.25, -0.2) is 15.0 Å². The zero-order valence-electron chi connectivity index (χ0n) is 33.3. The Bertz CT molecular complexity index is 3200. The number of hydrogen-bond donors (Lipinski definition) is 0. The van der Waals surface area contributed by atoms with Crippen molar-refractivity contribution in [1.29, 1.82) is 0 Å². The monoisotopic (exact) mass is 724 g/mol. The molecule has 0 atom stereocenters. The fourth-order valence-electron chi connectivity index (χ4n) is 8.95. The Kier molecular flexibility index (Phi) is 8.22. The Morgan fingerprint density at radius 2 is 0.930 bits per heavy atom. The molecule has 12 heteroatoms. The molecule has 57 heavy (non-hydrogen) atoms. The van der Waals surface area contributed by atoms with Crippen molar-refractivity contribution in [2.75, 3.05) is 0 Å². The zero-order chi connectivity index (χ0) is 39.1. The molecule has 0 unspecified atom stereocenters. The molecule has 0 spiro atoms. The van der Waals surface area contributed by atoms with E-state index in [0.29, 0.717) is 17.5 Å². The Hall–Kier alpha value is -6.40. The third-order valence-corrected chi connectivity index (χ3v) is 12.4. The first kappa shape index (κ1) is 35.0. The number of aromatic nitrogens is 4. The Balaban J connectivity index is 1.25. The van der Waals surface area contributed by atoms with Crippen molar-refractivity contribution in [1.82, 2.24) is 19.5 Å². The quantitative estimate of drug-likeness (QED) is 0.222. The summed E-state index contributed by atoms with van der Waals surface area (Å²) in [5.74, 6) is 1.86. The fourth-order valence-corrected chi connectivity index (χ4v) is 8.95. The van der Waals surface area contributed by atoms with Crippen molar-refractivity contribution in [2.24, 2.45) is 0 Å². The molecule has 0 radical (unpaired) electrons. The molecule has 0 N–H and O–H groups in total. The average Bonchev–Trinajstić information content (AvgIpc) is 3.81. The molecule has 3 aromatic heterocycles. The number of fused-ring (bicyclic) bond motifs is 6. The van der Waals surface area contributed by atoms with E-state index in [-0.39, 0.29) is 0 Å². The van der Waals surface area contributed by atoms with Gasteiger partial charge in [-0.05, 0) is 29.3 Å². The van der Waals surface area contributed by atoms with Crippen molar-refractivity contribution < 1.29 is 4.42 Å². The molecule has 5 nitrogen and oxygen atoms in total. The van der Waals surface area contributed by atoms with E-state index in [1.807, 2.05) is 72.8 Å². The van der Waals surface area contributed by atoms with E-state index in [1.165, 1.54) is 71.2 Å². The largest absolute Gasteiger partial charge is 0.456 e. The minimum absolute atomic E-state index is 0.606. The fraction of sp³-hybridized carbons (Fsp3) is 0. The summed E-state index contributed by atoms with van der Waals surface area (Å²) < 4.78 is 9.29. The van der Waals surface area contributed by atoms with Crippen LogP contribution < -0.4 is 38.2 Å². The highest BCUT2D eigenvalue weighted by Crippen LogP contribution is 2.39. The van der Waals surface area contributed by atoms with Crippen LogP contribution >= 0.6 is 0 Å². The van der Waals surface area contributed by atoms with E-state index in [1.54, 1.807) is 0 Å². The summed E-state index contributed by atoms with van der Waals surface area (Å²) in [6.07, 6.45) is 0. The lowest BCUT2D eigenvalue weighted by atomic mass is 9.64. The van der Waals surface area contributed by atoms with Gasteiger partial charge in [0.05, 0.1) is 0 Å². The molecule has 3 heterocycles. The molecule has 0 saturated carbocycles. The normalized spacial score (nSPS) is 11.6. The second-order valence-electron chi connectivity index (χ2n) is 15.4. The number of benzene rings is 7. The van der Waals surface area contributed by atoms with E-state index in [0.717, 1.165) is 44.3 Å². The van der Waals surface area contributed by atoms with E-state index >= 15 is 0 Å². The second kappa shape index (κ2) is 13.4. The van der Waals surface area contributed by atoms with Crippen LogP contribution in [0.4, 0.5) is 0 Å². The van der Waals surface area contributed by atoms with Crippen molar-refractivity contribution in [3.05, 3.63) is 127 Å². The highest BCUT2D eigenvalue weighted by atomic mass is 16.3. The topological polar surface area (TPSA) is 56.7 Å². The van der Waals surface area contributed by atoms with E-state index in [2.05, 4.69) is 114 Å². The molecular weight excluding hydrogens is 688 g/mol. The smallest absolute Gasteiger partial charge is 0.164 e. The van der Waals surface area contributed by atoms with Crippen LogP contribution in [0, 0.1) is 0 Å². The van der Waals surface area contributed by atoms with E-state index in [9.17, 15) is 0 Å². The molecule has 262 valence electrons. The lowest BCUT2D eigenvalue weighted by molar-refractivity contribution is 0.668. The van der Waals surface area contributed by atoms with Gasteiger partial charge in [-0.2, -0.15) is 0 Å². The molecule has 0 fully saturated rings. The van der Waals surface area contributed by atoms with Crippen molar-refractivity contribution >= 4 is 137 Å². The van der Waals surface area contributed by atoms with Crippen LogP contribution in [0.1, 0.15) is 0 Å². The van der Waals surface area contributed by atoms with Gasteiger partial charge in [-0.1, -0.05) is 136 Å². The number of hydrogen-bond acceptors (Lipinski definition) is 4. The number of furan rings is 1. The SMILES string of the molecule is Bc1c(B)c(B)c2c(c1B)c1c(-c3ccccc3)c(B)c(B)c(B)c1n2-c1ccc2c(c1)oc1cccc(-c3nc(-c4ccccc4)nc(-c4ccccc4)n3)c12. The predicted octanol–water partition coefficient (Wildman–Crippen LogP) is -0.655. The molecule has 0 saturated heterocycles. The van der Waals surface area contributed by atoms with Crippen LogP contribution in [0.3, 0.4) is 0 Å². The van der Waals surface area contributed by atoms with Gasteiger partial charge in [0.25, 0.3) is 0 Å². The first-order valence-electron chi connectivity index (χ1n) is 19.6. The van der Waals surface area contributed by atoms with Crippen LogP contribution in [0.15, 0.2) is 132 Å². The Morgan fingerprint density at radius 3 is 1.54 bits per heavy atom. The van der Waals surface area contributed by atoms with Crippen LogP contribution in [0.2, 0.25) is 0 Å². The van der Waals surface area contributed by atoms with Crippen LogP contribution in [-0.2, 0) is 0 Å². The maximum Gasteiger partial charge on any atom is 0.164 e. The van der Waals surface area contributed by atoms with Gasteiger partial charge in [0, 0.05) is 61.0 Å². The van der Waals surface area contributed by atoms with E-state index in [4.69, 9.17) is 19.4 Å². The van der Waals surface area contributed by atoms with Gasteiger partial charge in [-0.3, -0.25) is 0 Å². The summed E-state index contributed by atoms with van der Waals surface area (Å²) >= 11 is 0.